The van der Waals surface area contributed by atoms with Gasteiger partial charge in [-0.1, -0.05) is 12.1 Å². The fourth-order valence-corrected chi connectivity index (χ4v) is 1.82. The van der Waals surface area contributed by atoms with Crippen LogP contribution in [0, 0.1) is 0 Å². The number of nitrogen functional groups attached to an aromatic ring is 1. The Bertz CT molecular complexity index is 695. The van der Waals surface area contributed by atoms with Gasteiger partial charge in [-0.15, -0.1) is 0 Å². The summed E-state index contributed by atoms with van der Waals surface area (Å²) in [5, 5.41) is 1.10. The minimum Gasteiger partial charge on any atom is -0.489 e. The molecule has 0 aliphatic carbocycles. The van der Waals surface area contributed by atoms with Crippen molar-refractivity contribution in [3.05, 3.63) is 60.4 Å². The highest BCUT2D eigenvalue weighted by Crippen LogP contribution is 2.19. The van der Waals surface area contributed by atoms with E-state index >= 15 is 0 Å². The van der Waals surface area contributed by atoms with Crippen molar-refractivity contribution >= 4 is 16.7 Å². The molecule has 0 amide bonds. The molecule has 0 saturated carbocycles. The van der Waals surface area contributed by atoms with Gasteiger partial charge in [0.15, 0.2) is 0 Å². The molecule has 19 heavy (non-hydrogen) atoms. The quantitative estimate of drug-likeness (QED) is 0.777. The van der Waals surface area contributed by atoms with Crippen LogP contribution >= 0.6 is 0 Å². The zero-order valence-corrected chi connectivity index (χ0v) is 10.3. The lowest BCUT2D eigenvalue weighted by Crippen LogP contribution is -1.97. The fourth-order valence-electron chi connectivity index (χ4n) is 1.82. The van der Waals surface area contributed by atoms with Crippen molar-refractivity contribution in [3.8, 4) is 5.75 Å². The standard InChI is InChI=1S/C15H13N3O/c16-15-6-3-11(9-18-15)10-19-13-5-4-12-2-1-7-17-14(12)8-13/h1-9H,10H2,(H2,16,18). The number of fused-ring (bicyclic) bond motifs is 1. The Morgan fingerprint density at radius 1 is 1.05 bits per heavy atom. The number of aromatic nitrogens is 2. The molecule has 0 fully saturated rings. The monoisotopic (exact) mass is 251 g/mol. The fraction of sp³-hybridized carbons (Fsp3) is 0.0667. The maximum absolute atomic E-state index is 5.72. The molecule has 0 aliphatic heterocycles. The molecule has 0 bridgehead atoms. The van der Waals surface area contributed by atoms with Gasteiger partial charge in [0.2, 0.25) is 0 Å². The average molecular weight is 251 g/mol. The first-order valence-electron chi connectivity index (χ1n) is 5.99. The molecular weight excluding hydrogens is 238 g/mol. The van der Waals surface area contributed by atoms with E-state index in [1.807, 2.05) is 36.4 Å². The van der Waals surface area contributed by atoms with Crippen molar-refractivity contribution in [2.75, 3.05) is 5.73 Å². The number of nitrogens with two attached hydrogens (primary N) is 1. The van der Waals surface area contributed by atoms with Crippen LogP contribution in [0.5, 0.6) is 5.75 Å². The Balaban J connectivity index is 1.76. The molecule has 0 spiro atoms. The van der Waals surface area contributed by atoms with Crippen LogP contribution in [0.25, 0.3) is 10.9 Å². The van der Waals surface area contributed by atoms with Gasteiger partial charge in [-0.3, -0.25) is 4.98 Å². The largest absolute Gasteiger partial charge is 0.489 e. The van der Waals surface area contributed by atoms with Crippen molar-refractivity contribution in [3.63, 3.8) is 0 Å². The number of rotatable bonds is 3. The molecule has 1 aromatic carbocycles. The van der Waals surface area contributed by atoms with Crippen molar-refractivity contribution in [2.45, 2.75) is 6.61 Å². The molecule has 0 atom stereocenters. The van der Waals surface area contributed by atoms with Crippen molar-refractivity contribution < 1.29 is 4.74 Å². The molecule has 2 aromatic heterocycles. The van der Waals surface area contributed by atoms with Crippen LogP contribution in [-0.2, 0) is 6.61 Å². The number of nitrogens with zero attached hydrogens (tertiary/aromatic N) is 2. The zero-order valence-electron chi connectivity index (χ0n) is 10.3. The molecular formula is C15H13N3O. The number of anilines is 1. The van der Waals surface area contributed by atoms with E-state index in [0.717, 1.165) is 22.2 Å². The summed E-state index contributed by atoms with van der Waals surface area (Å²) in [5.41, 5.74) is 7.44. The molecule has 2 heterocycles. The molecule has 0 unspecified atom stereocenters. The minimum atomic E-state index is 0.464. The number of hydrogen-bond acceptors (Lipinski definition) is 4. The number of pyridine rings is 2. The van der Waals surface area contributed by atoms with Crippen LogP contribution in [0.4, 0.5) is 5.82 Å². The molecule has 0 aliphatic rings. The lowest BCUT2D eigenvalue weighted by Gasteiger charge is -2.07. The first-order chi connectivity index (χ1) is 9.31. The summed E-state index contributed by atoms with van der Waals surface area (Å²) in [6.45, 7) is 0.464. The van der Waals surface area contributed by atoms with Crippen molar-refractivity contribution in [1.82, 2.24) is 9.97 Å². The summed E-state index contributed by atoms with van der Waals surface area (Å²) in [7, 11) is 0. The van der Waals surface area contributed by atoms with Crippen molar-refractivity contribution in [2.24, 2.45) is 0 Å². The third kappa shape index (κ3) is 2.63. The third-order valence-corrected chi connectivity index (χ3v) is 2.83. The van der Waals surface area contributed by atoms with Gasteiger partial charge in [-0.05, 0) is 24.3 Å². The Morgan fingerprint density at radius 2 is 2.00 bits per heavy atom. The summed E-state index contributed by atoms with van der Waals surface area (Å²) in [5.74, 6) is 1.31. The lowest BCUT2D eigenvalue weighted by atomic mass is 10.2. The van der Waals surface area contributed by atoms with Gasteiger partial charge in [-0.2, -0.15) is 0 Å². The van der Waals surface area contributed by atoms with Gasteiger partial charge in [0.25, 0.3) is 0 Å². The highest BCUT2D eigenvalue weighted by atomic mass is 16.5. The van der Waals surface area contributed by atoms with Crippen LogP contribution in [-0.4, -0.2) is 9.97 Å². The second-order valence-corrected chi connectivity index (χ2v) is 4.24. The predicted molar refractivity (Wildman–Crippen MR) is 74.7 cm³/mol. The van der Waals surface area contributed by atoms with Gasteiger partial charge in [0.05, 0.1) is 5.52 Å². The number of hydrogen-bond donors (Lipinski definition) is 1. The number of benzene rings is 1. The van der Waals surface area contributed by atoms with Crippen molar-refractivity contribution in [1.29, 1.82) is 0 Å². The van der Waals surface area contributed by atoms with Crippen LogP contribution < -0.4 is 10.5 Å². The first-order valence-corrected chi connectivity index (χ1v) is 5.99. The Labute approximate surface area is 110 Å². The maximum Gasteiger partial charge on any atom is 0.123 e. The van der Waals surface area contributed by atoms with Crippen LogP contribution in [0.1, 0.15) is 5.56 Å². The normalized spacial score (nSPS) is 10.5. The van der Waals surface area contributed by atoms with Gasteiger partial charge < -0.3 is 10.5 Å². The van der Waals surface area contributed by atoms with Crippen LogP contribution in [0.3, 0.4) is 0 Å². The maximum atomic E-state index is 5.72. The molecule has 2 N–H and O–H groups in total. The highest BCUT2D eigenvalue weighted by molar-refractivity contribution is 5.79. The van der Waals surface area contributed by atoms with Gasteiger partial charge in [-0.25, -0.2) is 4.98 Å². The van der Waals surface area contributed by atoms with Gasteiger partial charge in [0, 0.05) is 29.4 Å². The Morgan fingerprint density at radius 3 is 2.84 bits per heavy atom. The summed E-state index contributed by atoms with van der Waals surface area (Å²) < 4.78 is 5.72. The van der Waals surface area contributed by atoms with Crippen LogP contribution in [0.2, 0.25) is 0 Å². The Kier molecular flexibility index (Phi) is 2.98. The molecule has 3 rings (SSSR count). The van der Waals surface area contributed by atoms with E-state index in [-0.39, 0.29) is 0 Å². The third-order valence-electron chi connectivity index (χ3n) is 2.83. The topological polar surface area (TPSA) is 61.0 Å². The van der Waals surface area contributed by atoms with E-state index in [4.69, 9.17) is 10.5 Å². The summed E-state index contributed by atoms with van der Waals surface area (Å²) in [6, 6.07) is 13.5. The smallest absolute Gasteiger partial charge is 0.123 e. The zero-order chi connectivity index (χ0) is 13.1. The highest BCUT2D eigenvalue weighted by Gasteiger charge is 1.99. The minimum absolute atomic E-state index is 0.464. The van der Waals surface area contributed by atoms with Gasteiger partial charge in [0.1, 0.15) is 18.2 Å². The molecule has 3 aromatic rings. The molecule has 0 saturated heterocycles. The second-order valence-electron chi connectivity index (χ2n) is 4.24. The molecule has 0 radical (unpaired) electrons. The average Bonchev–Trinajstić information content (AvgIpc) is 2.46. The first kappa shape index (κ1) is 11.5. The summed E-state index contributed by atoms with van der Waals surface area (Å²) in [6.07, 6.45) is 3.49. The summed E-state index contributed by atoms with van der Waals surface area (Å²) >= 11 is 0. The lowest BCUT2D eigenvalue weighted by molar-refractivity contribution is 0.306. The molecule has 4 nitrogen and oxygen atoms in total. The summed E-state index contributed by atoms with van der Waals surface area (Å²) in [4.78, 5) is 8.33. The SMILES string of the molecule is Nc1ccc(COc2ccc3cccnc3c2)cn1. The van der Waals surface area contributed by atoms with E-state index in [2.05, 4.69) is 9.97 Å². The van der Waals surface area contributed by atoms with Crippen LogP contribution in [0.15, 0.2) is 54.9 Å². The molecule has 94 valence electrons. The molecule has 4 heteroatoms. The Hall–Kier alpha value is -2.62. The van der Waals surface area contributed by atoms with E-state index in [1.165, 1.54) is 0 Å². The predicted octanol–water partition coefficient (Wildman–Crippen LogP) is 2.79. The van der Waals surface area contributed by atoms with Gasteiger partial charge >= 0.3 is 0 Å². The second kappa shape index (κ2) is 4.94. The van der Waals surface area contributed by atoms with E-state index in [0.29, 0.717) is 12.4 Å². The van der Waals surface area contributed by atoms with E-state index in [1.54, 1.807) is 18.5 Å². The van der Waals surface area contributed by atoms with E-state index in [9.17, 15) is 0 Å². The van der Waals surface area contributed by atoms with E-state index < -0.39 is 0 Å². The number of ether oxygens (including phenoxy) is 1.